The number of halogens is 1. The second kappa shape index (κ2) is 8.39. The lowest BCUT2D eigenvalue weighted by molar-refractivity contribution is -0.0192. The normalized spacial score (nSPS) is 18.9. The third kappa shape index (κ3) is 3.56. The van der Waals surface area contributed by atoms with Crippen molar-refractivity contribution in [2.24, 2.45) is 5.10 Å². The van der Waals surface area contributed by atoms with Gasteiger partial charge in [0.15, 0.2) is 11.5 Å². The summed E-state index contributed by atoms with van der Waals surface area (Å²) in [5.74, 6) is 3.00. The van der Waals surface area contributed by atoms with Crippen molar-refractivity contribution in [3.05, 3.63) is 81.8 Å². The smallest absolute Gasteiger partial charge is 0.214 e. The molecule has 0 radical (unpaired) electrons. The highest BCUT2D eigenvalue weighted by Crippen LogP contribution is 2.49. The largest absolute Gasteiger partial charge is 0.497 e. The molecule has 2 aliphatic heterocycles. The SMILES string of the molecule is COc1cccc(C2=NN3[C@H](C2)c2cc(Br)ccc2O[C@H]3c2ccc(OC)c(OC)c2)c1. The zero-order valence-corrected chi connectivity index (χ0v) is 19.6. The molecule has 0 saturated carbocycles. The van der Waals surface area contributed by atoms with E-state index in [1.54, 1.807) is 21.3 Å². The molecule has 3 aromatic rings. The fraction of sp³-hybridized carbons (Fsp3) is 0.240. The Labute approximate surface area is 195 Å². The average molecular weight is 495 g/mol. The maximum Gasteiger partial charge on any atom is 0.214 e. The lowest BCUT2D eigenvalue weighted by Gasteiger charge is -2.38. The van der Waals surface area contributed by atoms with Gasteiger partial charge >= 0.3 is 0 Å². The highest BCUT2D eigenvalue weighted by atomic mass is 79.9. The lowest BCUT2D eigenvalue weighted by atomic mass is 9.96. The van der Waals surface area contributed by atoms with E-state index in [1.165, 1.54) is 0 Å². The van der Waals surface area contributed by atoms with E-state index in [1.807, 2.05) is 53.5 Å². The summed E-state index contributed by atoms with van der Waals surface area (Å²) in [6.45, 7) is 0. The fourth-order valence-corrected chi connectivity index (χ4v) is 4.64. The van der Waals surface area contributed by atoms with E-state index in [0.717, 1.165) is 44.8 Å². The number of nitrogens with zero attached hydrogens (tertiary/aromatic N) is 2. The Morgan fingerprint density at radius 1 is 0.938 bits per heavy atom. The molecule has 0 aliphatic carbocycles. The van der Waals surface area contributed by atoms with Gasteiger partial charge in [0.2, 0.25) is 6.23 Å². The second-order valence-electron chi connectivity index (χ2n) is 7.65. The Hall–Kier alpha value is -3.19. The number of benzene rings is 3. The summed E-state index contributed by atoms with van der Waals surface area (Å²) in [4.78, 5) is 0. The molecule has 32 heavy (non-hydrogen) atoms. The van der Waals surface area contributed by atoms with E-state index < -0.39 is 6.23 Å². The van der Waals surface area contributed by atoms with E-state index in [9.17, 15) is 0 Å². The highest BCUT2D eigenvalue weighted by molar-refractivity contribution is 9.10. The van der Waals surface area contributed by atoms with Crippen LogP contribution in [0.4, 0.5) is 0 Å². The number of rotatable bonds is 5. The van der Waals surface area contributed by atoms with Gasteiger partial charge in [-0.1, -0.05) is 28.1 Å². The lowest BCUT2D eigenvalue weighted by Crippen LogP contribution is -2.33. The van der Waals surface area contributed by atoms with Crippen molar-refractivity contribution in [3.8, 4) is 23.0 Å². The summed E-state index contributed by atoms with van der Waals surface area (Å²) in [5.41, 5.74) is 4.09. The Bertz CT molecular complexity index is 1200. The zero-order valence-electron chi connectivity index (χ0n) is 18.0. The van der Waals surface area contributed by atoms with E-state index >= 15 is 0 Å². The van der Waals surface area contributed by atoms with Gasteiger partial charge in [-0.2, -0.15) is 5.10 Å². The molecule has 0 spiro atoms. The number of hydrogen-bond donors (Lipinski definition) is 0. The quantitative estimate of drug-likeness (QED) is 0.454. The van der Waals surface area contributed by atoms with Gasteiger partial charge < -0.3 is 18.9 Å². The molecule has 2 atom stereocenters. The standard InChI is InChI=1S/C25H23BrN2O4/c1-29-18-6-4-5-15(11-18)20-14-21-19-13-17(26)8-10-22(19)32-25(28(21)27-20)16-7-9-23(30-2)24(12-16)31-3/h4-13,21,25H,14H2,1-3H3/t21-,25+/m1/s1. The molecule has 0 bridgehead atoms. The maximum atomic E-state index is 6.47. The Balaban J connectivity index is 1.60. The molecule has 6 nitrogen and oxygen atoms in total. The molecular formula is C25H23BrN2O4. The van der Waals surface area contributed by atoms with Crippen LogP contribution in [0.5, 0.6) is 23.0 Å². The number of ether oxygens (including phenoxy) is 4. The van der Waals surface area contributed by atoms with Crippen LogP contribution in [-0.4, -0.2) is 32.0 Å². The predicted molar refractivity (Wildman–Crippen MR) is 126 cm³/mol. The molecule has 3 aromatic carbocycles. The molecule has 0 saturated heterocycles. The molecule has 0 aromatic heterocycles. The highest BCUT2D eigenvalue weighted by Gasteiger charge is 2.41. The summed E-state index contributed by atoms with van der Waals surface area (Å²) in [7, 11) is 4.94. The van der Waals surface area contributed by atoms with E-state index in [2.05, 4.69) is 28.1 Å². The molecule has 2 aliphatic rings. The van der Waals surface area contributed by atoms with Gasteiger partial charge in [0, 0.05) is 27.6 Å². The first-order chi connectivity index (χ1) is 15.6. The molecule has 0 unspecified atom stereocenters. The average Bonchev–Trinajstić information content (AvgIpc) is 3.29. The zero-order chi connectivity index (χ0) is 22.2. The molecule has 0 amide bonds. The van der Waals surface area contributed by atoms with E-state index in [-0.39, 0.29) is 6.04 Å². The van der Waals surface area contributed by atoms with Crippen LogP contribution in [-0.2, 0) is 0 Å². The van der Waals surface area contributed by atoms with E-state index in [0.29, 0.717) is 11.5 Å². The van der Waals surface area contributed by atoms with Gasteiger partial charge in [-0.3, -0.25) is 0 Å². The minimum atomic E-state index is -0.392. The van der Waals surface area contributed by atoms with Crippen molar-refractivity contribution in [2.45, 2.75) is 18.7 Å². The van der Waals surface area contributed by atoms with Crippen LogP contribution in [0.1, 0.15) is 35.4 Å². The molecule has 2 heterocycles. The number of fused-ring (bicyclic) bond motifs is 3. The van der Waals surface area contributed by atoms with Gasteiger partial charge in [0.1, 0.15) is 11.5 Å². The van der Waals surface area contributed by atoms with Gasteiger partial charge in [-0.05, 0) is 48.5 Å². The molecule has 7 heteroatoms. The first-order valence-electron chi connectivity index (χ1n) is 10.3. The molecule has 0 N–H and O–H groups in total. The van der Waals surface area contributed by atoms with Crippen LogP contribution in [0, 0.1) is 0 Å². The van der Waals surface area contributed by atoms with Crippen LogP contribution >= 0.6 is 15.9 Å². The van der Waals surface area contributed by atoms with E-state index in [4.69, 9.17) is 24.0 Å². The first-order valence-corrected chi connectivity index (χ1v) is 11.1. The summed E-state index contributed by atoms with van der Waals surface area (Å²) < 4.78 is 23.8. The van der Waals surface area contributed by atoms with Gasteiger partial charge in [0.05, 0.1) is 33.1 Å². The molecule has 0 fully saturated rings. The van der Waals surface area contributed by atoms with Crippen molar-refractivity contribution < 1.29 is 18.9 Å². The third-order valence-electron chi connectivity index (χ3n) is 5.85. The van der Waals surface area contributed by atoms with Crippen molar-refractivity contribution in [2.75, 3.05) is 21.3 Å². The first kappa shape index (κ1) is 20.7. The minimum Gasteiger partial charge on any atom is -0.497 e. The number of hydrogen-bond acceptors (Lipinski definition) is 6. The molecular weight excluding hydrogens is 472 g/mol. The Morgan fingerprint density at radius 3 is 2.56 bits per heavy atom. The van der Waals surface area contributed by atoms with Crippen molar-refractivity contribution >= 4 is 21.6 Å². The number of methoxy groups -OCH3 is 3. The summed E-state index contributed by atoms with van der Waals surface area (Å²) in [5, 5.41) is 7.07. The summed E-state index contributed by atoms with van der Waals surface area (Å²) in [6.07, 6.45) is 0.376. The van der Waals surface area contributed by atoms with Crippen LogP contribution in [0.25, 0.3) is 0 Å². The van der Waals surface area contributed by atoms with Crippen LogP contribution in [0.15, 0.2) is 70.2 Å². The Kier molecular flexibility index (Phi) is 5.43. The second-order valence-corrected chi connectivity index (χ2v) is 8.56. The van der Waals surface area contributed by atoms with Crippen LogP contribution < -0.4 is 18.9 Å². The van der Waals surface area contributed by atoms with Crippen LogP contribution in [0.3, 0.4) is 0 Å². The molecule has 5 rings (SSSR count). The van der Waals surface area contributed by atoms with Gasteiger partial charge in [-0.15, -0.1) is 0 Å². The van der Waals surface area contributed by atoms with Crippen molar-refractivity contribution in [1.29, 1.82) is 0 Å². The summed E-state index contributed by atoms with van der Waals surface area (Å²) in [6, 6.07) is 20.0. The van der Waals surface area contributed by atoms with Crippen molar-refractivity contribution in [1.82, 2.24) is 5.01 Å². The summed E-state index contributed by atoms with van der Waals surface area (Å²) >= 11 is 3.60. The van der Waals surface area contributed by atoms with Gasteiger partial charge in [0.25, 0.3) is 0 Å². The van der Waals surface area contributed by atoms with Crippen molar-refractivity contribution in [3.63, 3.8) is 0 Å². The Morgan fingerprint density at radius 2 is 1.78 bits per heavy atom. The fourth-order valence-electron chi connectivity index (χ4n) is 4.26. The predicted octanol–water partition coefficient (Wildman–Crippen LogP) is 5.72. The topological polar surface area (TPSA) is 52.5 Å². The number of hydrazone groups is 1. The molecule has 164 valence electrons. The van der Waals surface area contributed by atoms with Gasteiger partial charge in [-0.25, -0.2) is 5.01 Å². The van der Waals surface area contributed by atoms with Crippen LogP contribution in [0.2, 0.25) is 0 Å². The maximum absolute atomic E-state index is 6.47. The minimum absolute atomic E-state index is 0.0514. The third-order valence-corrected chi connectivity index (χ3v) is 6.34. The monoisotopic (exact) mass is 494 g/mol.